The number of aromatic nitrogens is 2. The van der Waals surface area contributed by atoms with Crippen molar-refractivity contribution in [2.45, 2.75) is 25.4 Å². The number of carbonyl (C=O) groups excluding carboxylic acids is 1. The number of hydrogen-bond donors (Lipinski definition) is 1. The van der Waals surface area contributed by atoms with E-state index in [-0.39, 0.29) is 12.0 Å². The molecule has 31 heavy (non-hydrogen) atoms. The number of nitrogens with one attached hydrogen (secondary N) is 1. The van der Waals surface area contributed by atoms with E-state index < -0.39 is 0 Å². The fourth-order valence-electron chi connectivity index (χ4n) is 3.73. The third kappa shape index (κ3) is 4.77. The highest BCUT2D eigenvalue weighted by molar-refractivity contribution is 5.76. The van der Waals surface area contributed by atoms with Crippen LogP contribution in [0, 0.1) is 0 Å². The highest BCUT2D eigenvalue weighted by Gasteiger charge is 2.26. The van der Waals surface area contributed by atoms with Gasteiger partial charge in [0.25, 0.3) is 0 Å². The fraction of sp³-hybridized carbons (Fsp3) is 0.292. The van der Waals surface area contributed by atoms with Crippen LogP contribution in [0.5, 0.6) is 17.2 Å². The van der Waals surface area contributed by atoms with Gasteiger partial charge in [-0.15, -0.1) is 0 Å². The average molecular weight is 419 g/mol. The Kier molecular flexibility index (Phi) is 6.31. The summed E-state index contributed by atoms with van der Waals surface area (Å²) >= 11 is 0. The van der Waals surface area contributed by atoms with Gasteiger partial charge in [-0.25, -0.2) is 9.97 Å². The maximum absolute atomic E-state index is 12.4. The van der Waals surface area contributed by atoms with Crippen LogP contribution in [0.3, 0.4) is 0 Å². The lowest BCUT2D eigenvalue weighted by molar-refractivity contribution is -0.121. The molecule has 2 heterocycles. The number of benzene rings is 2. The van der Waals surface area contributed by atoms with Crippen molar-refractivity contribution in [3.8, 4) is 28.4 Å². The molecule has 1 aliphatic heterocycles. The SMILES string of the molecule is COc1ccc(CCC(=O)NC[C@@H]2Cc3cccc(-c4cncnc4)c3O2)cc1OC. The summed E-state index contributed by atoms with van der Waals surface area (Å²) in [4.78, 5) is 20.6. The molecule has 0 radical (unpaired) electrons. The zero-order valence-electron chi connectivity index (χ0n) is 17.6. The van der Waals surface area contributed by atoms with Crippen LogP contribution in [0.25, 0.3) is 11.1 Å². The van der Waals surface area contributed by atoms with Crippen LogP contribution in [-0.4, -0.2) is 42.7 Å². The van der Waals surface area contributed by atoms with E-state index in [0.717, 1.165) is 34.4 Å². The van der Waals surface area contributed by atoms with Crippen LogP contribution in [0.4, 0.5) is 0 Å². The third-order valence-corrected chi connectivity index (χ3v) is 5.32. The molecule has 3 aromatic rings. The number of hydrogen-bond acceptors (Lipinski definition) is 6. The van der Waals surface area contributed by atoms with Crippen molar-refractivity contribution in [3.05, 3.63) is 66.2 Å². The van der Waals surface area contributed by atoms with Gasteiger partial charge in [0.05, 0.1) is 20.8 Å². The second-order valence-corrected chi connectivity index (χ2v) is 7.36. The van der Waals surface area contributed by atoms with Crippen molar-refractivity contribution in [3.63, 3.8) is 0 Å². The Morgan fingerprint density at radius 2 is 1.94 bits per heavy atom. The van der Waals surface area contributed by atoms with Gasteiger partial charge in [-0.05, 0) is 29.7 Å². The molecule has 0 bridgehead atoms. The van der Waals surface area contributed by atoms with Gasteiger partial charge in [0.1, 0.15) is 18.2 Å². The zero-order chi connectivity index (χ0) is 21.6. The Bertz CT molecular complexity index is 1060. The summed E-state index contributed by atoms with van der Waals surface area (Å²) in [7, 11) is 3.20. The lowest BCUT2D eigenvalue weighted by atomic mass is 10.0. The summed E-state index contributed by atoms with van der Waals surface area (Å²) in [5, 5.41) is 3.00. The number of para-hydroxylation sites is 1. The normalized spacial score (nSPS) is 14.5. The number of amides is 1. The molecule has 7 heteroatoms. The maximum Gasteiger partial charge on any atom is 0.220 e. The summed E-state index contributed by atoms with van der Waals surface area (Å²) in [6, 6.07) is 11.8. The van der Waals surface area contributed by atoms with Crippen LogP contribution >= 0.6 is 0 Å². The Balaban J connectivity index is 1.30. The molecule has 0 aliphatic carbocycles. The number of fused-ring (bicyclic) bond motifs is 1. The number of ether oxygens (including phenoxy) is 3. The van der Waals surface area contributed by atoms with E-state index in [1.165, 1.54) is 6.33 Å². The predicted octanol–water partition coefficient (Wildman–Crippen LogP) is 3.21. The van der Waals surface area contributed by atoms with Crippen LogP contribution in [-0.2, 0) is 17.6 Å². The first-order valence-electron chi connectivity index (χ1n) is 10.2. The molecule has 1 aliphatic rings. The quantitative estimate of drug-likeness (QED) is 0.604. The van der Waals surface area contributed by atoms with Gasteiger partial charge in [0.2, 0.25) is 5.91 Å². The summed E-state index contributed by atoms with van der Waals surface area (Å²) in [5.41, 5.74) is 4.04. The number of rotatable bonds is 8. The molecule has 1 aromatic heterocycles. The predicted molar refractivity (Wildman–Crippen MR) is 116 cm³/mol. The summed E-state index contributed by atoms with van der Waals surface area (Å²) in [5.74, 6) is 2.18. The maximum atomic E-state index is 12.4. The molecular weight excluding hydrogens is 394 g/mol. The van der Waals surface area contributed by atoms with Gasteiger partial charge in [0.15, 0.2) is 11.5 Å². The zero-order valence-corrected chi connectivity index (χ0v) is 17.6. The molecule has 0 saturated heterocycles. The molecule has 1 amide bonds. The van der Waals surface area contributed by atoms with Gasteiger partial charge in [0, 0.05) is 36.4 Å². The molecular formula is C24H25N3O4. The van der Waals surface area contributed by atoms with Crippen LogP contribution in [0.15, 0.2) is 55.1 Å². The molecule has 0 spiro atoms. The summed E-state index contributed by atoms with van der Waals surface area (Å²) < 4.78 is 16.7. The summed E-state index contributed by atoms with van der Waals surface area (Å²) in [6.07, 6.45) is 6.73. The van der Waals surface area contributed by atoms with E-state index in [0.29, 0.717) is 30.9 Å². The molecule has 7 nitrogen and oxygen atoms in total. The Labute approximate surface area is 181 Å². The highest BCUT2D eigenvalue weighted by atomic mass is 16.5. The van der Waals surface area contributed by atoms with Crippen molar-refractivity contribution in [2.75, 3.05) is 20.8 Å². The lowest BCUT2D eigenvalue weighted by Gasteiger charge is -2.14. The Morgan fingerprint density at radius 1 is 1.13 bits per heavy atom. The second-order valence-electron chi connectivity index (χ2n) is 7.36. The lowest BCUT2D eigenvalue weighted by Crippen LogP contribution is -2.34. The molecule has 1 N–H and O–H groups in total. The van der Waals surface area contributed by atoms with Crippen molar-refractivity contribution >= 4 is 5.91 Å². The molecule has 1 atom stereocenters. The van der Waals surface area contributed by atoms with E-state index in [9.17, 15) is 4.79 Å². The number of aryl methyl sites for hydroxylation is 1. The number of methoxy groups -OCH3 is 2. The molecule has 0 unspecified atom stereocenters. The Hall–Kier alpha value is -3.61. The average Bonchev–Trinajstić information content (AvgIpc) is 3.25. The largest absolute Gasteiger partial charge is 0.493 e. The van der Waals surface area contributed by atoms with Crippen molar-refractivity contribution in [1.82, 2.24) is 15.3 Å². The minimum Gasteiger partial charge on any atom is -0.493 e. The first-order chi connectivity index (χ1) is 15.2. The van der Waals surface area contributed by atoms with Crippen LogP contribution < -0.4 is 19.5 Å². The van der Waals surface area contributed by atoms with Gasteiger partial charge >= 0.3 is 0 Å². The van der Waals surface area contributed by atoms with Crippen LogP contribution in [0.1, 0.15) is 17.5 Å². The highest BCUT2D eigenvalue weighted by Crippen LogP contribution is 2.38. The molecule has 4 rings (SSSR count). The molecule has 2 aromatic carbocycles. The standard InChI is InChI=1S/C24H25N3O4/c1-29-21-8-6-16(10-22(21)30-2)7-9-23(28)27-14-19-11-17-4-3-5-20(24(17)31-19)18-12-25-15-26-13-18/h3-6,8,10,12-13,15,19H,7,9,11,14H2,1-2H3,(H,27,28)/t19-/m0/s1. The van der Waals surface area contributed by atoms with E-state index in [1.54, 1.807) is 26.6 Å². The minimum absolute atomic E-state index is 0.00831. The molecule has 0 saturated carbocycles. The smallest absolute Gasteiger partial charge is 0.220 e. The topological polar surface area (TPSA) is 82.6 Å². The van der Waals surface area contributed by atoms with Gasteiger partial charge < -0.3 is 19.5 Å². The first-order valence-corrected chi connectivity index (χ1v) is 10.2. The monoisotopic (exact) mass is 419 g/mol. The van der Waals surface area contributed by atoms with E-state index in [1.807, 2.05) is 30.3 Å². The second kappa shape index (κ2) is 9.47. The molecule has 160 valence electrons. The first kappa shape index (κ1) is 20.7. The van der Waals surface area contributed by atoms with Crippen molar-refractivity contribution in [1.29, 1.82) is 0 Å². The number of nitrogens with zero attached hydrogens (tertiary/aromatic N) is 2. The Morgan fingerprint density at radius 3 is 2.71 bits per heavy atom. The van der Waals surface area contributed by atoms with Crippen molar-refractivity contribution in [2.24, 2.45) is 0 Å². The van der Waals surface area contributed by atoms with Crippen molar-refractivity contribution < 1.29 is 19.0 Å². The van der Waals surface area contributed by atoms with E-state index in [2.05, 4.69) is 21.4 Å². The van der Waals surface area contributed by atoms with E-state index >= 15 is 0 Å². The summed E-state index contributed by atoms with van der Waals surface area (Å²) in [6.45, 7) is 0.462. The van der Waals surface area contributed by atoms with Gasteiger partial charge in [-0.1, -0.05) is 24.3 Å². The van der Waals surface area contributed by atoms with Crippen LogP contribution in [0.2, 0.25) is 0 Å². The number of carbonyl (C=O) groups is 1. The van der Waals surface area contributed by atoms with Gasteiger partial charge in [-0.3, -0.25) is 4.79 Å². The minimum atomic E-state index is -0.0918. The van der Waals surface area contributed by atoms with E-state index in [4.69, 9.17) is 14.2 Å². The fourth-order valence-corrected chi connectivity index (χ4v) is 3.73. The van der Waals surface area contributed by atoms with Gasteiger partial charge in [-0.2, -0.15) is 0 Å². The molecule has 0 fully saturated rings. The third-order valence-electron chi connectivity index (χ3n) is 5.32.